The summed E-state index contributed by atoms with van der Waals surface area (Å²) >= 11 is 0. The van der Waals surface area contributed by atoms with Gasteiger partial charge >= 0.3 is 0 Å². The number of carboxylic acids is 1. The molecule has 12 nitrogen and oxygen atoms in total. The summed E-state index contributed by atoms with van der Waals surface area (Å²) in [6.45, 7) is 7.76. The second-order valence-corrected chi connectivity index (χ2v) is 19.1. The maximum atomic E-state index is 13.4. The molecule has 0 spiro atoms. The van der Waals surface area contributed by atoms with Gasteiger partial charge in [-0.25, -0.2) is 4.58 Å². The number of Topliss-reactive ketones (excluding diaryl/α,β-unsaturated/α-hetero) is 1. The number of nitrogens with one attached hydrogen (secondary N) is 1. The molecule has 0 saturated heterocycles. The van der Waals surface area contributed by atoms with Crippen molar-refractivity contribution < 1.29 is 38.5 Å². The minimum atomic E-state index is -2.28. The molecule has 1 aliphatic heterocycles. The van der Waals surface area contributed by atoms with E-state index >= 15 is 0 Å². The van der Waals surface area contributed by atoms with Gasteiger partial charge in [-0.2, -0.15) is 0 Å². The number of nitrogens with zero attached hydrogens (tertiary/aromatic N) is 3. The van der Waals surface area contributed by atoms with Crippen LogP contribution in [0.5, 0.6) is 0 Å². The molecule has 2 aliphatic rings. The average Bonchev–Trinajstić information content (AvgIpc) is 3.17. The number of ether oxygens (including phenoxy) is 2. The Morgan fingerprint density at radius 1 is 0.875 bits per heavy atom. The lowest BCUT2D eigenvalue weighted by atomic mass is 9.86. The van der Waals surface area contributed by atoms with Crippen molar-refractivity contribution in [2.45, 2.75) is 39.3 Å². The van der Waals surface area contributed by atoms with Crippen LogP contribution in [0.2, 0.25) is 13.1 Å². The third kappa shape index (κ3) is 9.13. The Kier molecular flexibility index (Phi) is 13.4. The molecule has 1 aliphatic carbocycles. The molecule has 0 fully saturated rings. The van der Waals surface area contributed by atoms with Gasteiger partial charge in [0.1, 0.15) is 22.2 Å². The van der Waals surface area contributed by atoms with Crippen molar-refractivity contribution in [2.75, 3.05) is 66.1 Å². The first kappa shape index (κ1) is 41.7. The molecule has 0 saturated carbocycles. The molecule has 0 atom stereocenters. The van der Waals surface area contributed by atoms with E-state index in [-0.39, 0.29) is 49.1 Å². The fraction of sp³-hybridized carbons (Fsp3) is 0.349. The number of allylic oxidation sites excluding steroid dienone is 5. The number of hydrogen-bond donors (Lipinski definition) is 1. The second-order valence-electron chi connectivity index (χ2n) is 14.8. The number of carboxylic acid groups (broad SMARTS) is 1. The number of fused-ring (bicyclic) bond motifs is 2. The third-order valence-electron chi connectivity index (χ3n) is 10.3. The van der Waals surface area contributed by atoms with Crippen LogP contribution in [0.3, 0.4) is 0 Å². The molecule has 1 N–H and O–H groups in total. The summed E-state index contributed by atoms with van der Waals surface area (Å²) in [6.07, 6.45) is 7.58. The number of anilines is 1. The summed E-state index contributed by atoms with van der Waals surface area (Å²) in [7, 11) is 5.72. The van der Waals surface area contributed by atoms with Gasteiger partial charge in [0.25, 0.3) is 11.6 Å². The molecule has 0 aromatic heterocycles. The first-order valence-corrected chi connectivity index (χ1v) is 21.8. The van der Waals surface area contributed by atoms with Gasteiger partial charge in [-0.15, -0.1) is 0 Å². The number of amides is 1. The van der Waals surface area contributed by atoms with Gasteiger partial charge in [0, 0.05) is 79.8 Å². The number of nitro benzene ring substituents is 1. The molecule has 0 radical (unpaired) electrons. The molecular weight excluding hydrogens is 729 g/mol. The van der Waals surface area contributed by atoms with E-state index in [2.05, 4.69) is 52.2 Å². The lowest BCUT2D eigenvalue weighted by Crippen LogP contribution is -2.50. The van der Waals surface area contributed by atoms with E-state index in [9.17, 15) is 29.6 Å². The summed E-state index contributed by atoms with van der Waals surface area (Å²) in [5, 5.41) is 29.4. The van der Waals surface area contributed by atoms with Gasteiger partial charge in [-0.3, -0.25) is 19.7 Å². The Hall–Kier alpha value is -5.50. The highest BCUT2D eigenvalue weighted by Crippen LogP contribution is 2.43. The van der Waals surface area contributed by atoms with Gasteiger partial charge in [0.15, 0.2) is 11.5 Å². The molecule has 1 amide bonds. The maximum absolute atomic E-state index is 13.4. The van der Waals surface area contributed by atoms with E-state index in [1.807, 2.05) is 40.3 Å². The van der Waals surface area contributed by atoms with Crippen molar-refractivity contribution in [3.05, 3.63) is 127 Å². The summed E-state index contributed by atoms with van der Waals surface area (Å²) in [5.74, 6) is -1.83. The van der Waals surface area contributed by atoms with E-state index in [4.69, 9.17) is 9.47 Å². The normalized spacial score (nSPS) is 14.1. The Labute approximate surface area is 329 Å². The zero-order valence-corrected chi connectivity index (χ0v) is 34.2. The molecule has 56 heavy (non-hydrogen) atoms. The number of aromatic carboxylic acids is 1. The largest absolute Gasteiger partial charge is 0.545 e. The fourth-order valence-corrected chi connectivity index (χ4v) is 10.2. The predicted molar refractivity (Wildman–Crippen MR) is 219 cm³/mol. The second kappa shape index (κ2) is 18.0. The number of aryl methyl sites for hydroxylation is 1. The number of nitro groups is 1. The van der Waals surface area contributed by atoms with Gasteiger partial charge in [0.2, 0.25) is 0 Å². The minimum Gasteiger partial charge on any atom is -0.545 e. The van der Waals surface area contributed by atoms with E-state index in [0.29, 0.717) is 48.3 Å². The number of benzene rings is 3. The summed E-state index contributed by atoms with van der Waals surface area (Å²) in [4.78, 5) is 51.1. The van der Waals surface area contributed by atoms with Crippen LogP contribution in [0, 0.1) is 10.1 Å². The van der Waals surface area contributed by atoms with Crippen LogP contribution in [0.25, 0.3) is 5.57 Å². The molecule has 13 heteroatoms. The average molecular weight is 779 g/mol. The van der Waals surface area contributed by atoms with Crippen molar-refractivity contribution in [1.29, 1.82) is 0 Å². The topological polar surface area (TPSA) is 154 Å². The molecule has 1 heterocycles. The lowest BCUT2D eigenvalue weighted by Gasteiger charge is -2.38. The van der Waals surface area contributed by atoms with E-state index in [0.717, 1.165) is 28.1 Å². The number of carbonyl (C=O) groups is 3. The standard InChI is InChI=1S/C43H50N4O8Si/c1-8-38(48)29-12-11-28(37(25-29)47(52)53)10-9-20-54-22-23-55-21-19-44-42(49)30-13-16-33(43(50)51)36(24-30)41-34-17-14-31(45(2)3)26-39(34)56(6,7)40-27-32(46(4)5)15-18-35(40)41/h11-18,24-27H,8-10,19-23H2,1-7H3,(H-,44,49,50,51). The molecular formula is C43H50N4O8Si. The minimum absolute atomic E-state index is 0.00567. The van der Waals surface area contributed by atoms with Gasteiger partial charge in [-0.1, -0.05) is 44.3 Å². The fourth-order valence-electron chi connectivity index (χ4n) is 7.09. The smallest absolute Gasteiger partial charge is 0.273 e. The third-order valence-corrected chi connectivity index (χ3v) is 13.8. The Bertz CT molecular complexity index is 2180. The molecule has 0 bridgehead atoms. The summed E-state index contributed by atoms with van der Waals surface area (Å²) in [6, 6.07) is 15.5. The van der Waals surface area contributed by atoms with E-state index < -0.39 is 19.0 Å². The monoisotopic (exact) mass is 778 g/mol. The zero-order chi connectivity index (χ0) is 40.7. The van der Waals surface area contributed by atoms with Gasteiger partial charge in [0.05, 0.1) is 30.7 Å². The van der Waals surface area contributed by atoms with Crippen molar-refractivity contribution >= 4 is 53.6 Å². The molecule has 5 rings (SSSR count). The highest BCUT2D eigenvalue weighted by Gasteiger charge is 2.41. The van der Waals surface area contributed by atoms with Gasteiger partial charge < -0.3 is 29.6 Å². The maximum Gasteiger partial charge on any atom is 0.273 e. The summed E-state index contributed by atoms with van der Waals surface area (Å²) in [5.41, 5.74) is 6.33. The van der Waals surface area contributed by atoms with Crippen molar-refractivity contribution in [2.24, 2.45) is 0 Å². The quantitative estimate of drug-likeness (QED) is 0.0522. The highest BCUT2D eigenvalue weighted by atomic mass is 28.3. The first-order valence-electron chi connectivity index (χ1n) is 18.8. The Morgan fingerprint density at radius 2 is 1.59 bits per heavy atom. The first-order chi connectivity index (χ1) is 26.6. The Balaban J connectivity index is 1.23. The van der Waals surface area contributed by atoms with Crippen LogP contribution >= 0.6 is 0 Å². The van der Waals surface area contributed by atoms with Crippen molar-refractivity contribution in [1.82, 2.24) is 5.32 Å². The number of carbonyl (C=O) groups excluding carboxylic acids is 3. The number of hydrogen-bond acceptors (Lipinski definition) is 9. The summed E-state index contributed by atoms with van der Waals surface area (Å²) < 4.78 is 13.3. The Morgan fingerprint density at radius 3 is 2.25 bits per heavy atom. The zero-order valence-electron chi connectivity index (χ0n) is 33.2. The molecule has 0 unspecified atom stereocenters. The SMILES string of the molecule is CCC(=O)c1ccc(CCCOCCOCCNC(=O)c2ccc(C(=O)[O-])c(C3=C4C=CC(=[N+](C)C)C=C4[Si](C)(C)c4cc(N(C)C)ccc43)c2)c([N+](=O)[O-])c1. The van der Waals surface area contributed by atoms with Crippen LogP contribution in [-0.2, 0) is 15.9 Å². The lowest BCUT2D eigenvalue weighted by molar-refractivity contribution is -0.462. The van der Waals surface area contributed by atoms with Crippen LogP contribution in [-0.4, -0.2) is 102 Å². The van der Waals surface area contributed by atoms with Crippen LogP contribution in [0.1, 0.15) is 67.5 Å². The van der Waals surface area contributed by atoms with Crippen molar-refractivity contribution in [3.8, 4) is 0 Å². The van der Waals surface area contributed by atoms with E-state index in [1.165, 1.54) is 28.6 Å². The van der Waals surface area contributed by atoms with Crippen LogP contribution in [0.15, 0.2) is 83.6 Å². The van der Waals surface area contributed by atoms with E-state index in [1.54, 1.807) is 25.1 Å². The molecule has 3 aromatic carbocycles. The molecule has 3 aromatic rings. The van der Waals surface area contributed by atoms with Crippen molar-refractivity contribution in [3.63, 3.8) is 0 Å². The molecule has 294 valence electrons. The predicted octanol–water partition coefficient (Wildman–Crippen LogP) is 4.49. The number of rotatable bonds is 17. The highest BCUT2D eigenvalue weighted by molar-refractivity contribution is 6.98. The van der Waals surface area contributed by atoms with Crippen LogP contribution < -0.4 is 20.5 Å². The number of ketones is 1. The van der Waals surface area contributed by atoms with Crippen LogP contribution in [0.4, 0.5) is 11.4 Å². The van der Waals surface area contributed by atoms with Gasteiger partial charge in [-0.05, 0) is 75.8 Å².